The third kappa shape index (κ3) is 4.00. The predicted octanol–water partition coefficient (Wildman–Crippen LogP) is 4.02. The number of rotatable bonds is 5. The van der Waals surface area contributed by atoms with Crippen molar-refractivity contribution in [1.29, 1.82) is 0 Å². The molecule has 14 heavy (non-hydrogen) atoms. The maximum atomic E-state index is 5.39. The van der Waals surface area contributed by atoms with Crippen LogP contribution in [-0.4, -0.2) is 13.2 Å². The Kier molecular flexibility index (Phi) is 5.54. The lowest BCUT2D eigenvalue weighted by Crippen LogP contribution is -2.21. The van der Waals surface area contributed by atoms with E-state index in [4.69, 9.17) is 4.74 Å². The molecule has 0 aliphatic heterocycles. The van der Waals surface area contributed by atoms with Crippen LogP contribution in [0.25, 0.3) is 0 Å². The first kappa shape index (κ1) is 12.0. The van der Waals surface area contributed by atoms with Gasteiger partial charge in [0.25, 0.3) is 0 Å². The molecular weight excluding hydrogens is 172 g/mol. The normalized spacial score (nSPS) is 30.2. The predicted molar refractivity (Wildman–Crippen MR) is 61.4 cm³/mol. The standard InChI is InChI=1S/C13H26O/c1-4-5-11(2)10-12-6-8-13(14-3)9-7-12/h11-13H,4-10H2,1-3H3. The van der Waals surface area contributed by atoms with Crippen LogP contribution in [0.5, 0.6) is 0 Å². The third-order valence-corrected chi connectivity index (χ3v) is 3.64. The van der Waals surface area contributed by atoms with E-state index in [-0.39, 0.29) is 0 Å². The van der Waals surface area contributed by atoms with Crippen molar-refractivity contribution in [3.63, 3.8) is 0 Å². The fraction of sp³-hybridized carbons (Fsp3) is 1.00. The number of ether oxygens (including phenoxy) is 1. The van der Waals surface area contributed by atoms with Gasteiger partial charge in [-0.3, -0.25) is 0 Å². The van der Waals surface area contributed by atoms with E-state index in [1.807, 2.05) is 7.11 Å². The van der Waals surface area contributed by atoms with E-state index in [1.54, 1.807) is 0 Å². The summed E-state index contributed by atoms with van der Waals surface area (Å²) in [5, 5.41) is 0. The Hall–Kier alpha value is -0.0400. The van der Waals surface area contributed by atoms with Crippen LogP contribution < -0.4 is 0 Å². The lowest BCUT2D eigenvalue weighted by atomic mass is 9.81. The van der Waals surface area contributed by atoms with Gasteiger partial charge in [-0.05, 0) is 43.9 Å². The van der Waals surface area contributed by atoms with Crippen LogP contribution in [-0.2, 0) is 4.74 Å². The van der Waals surface area contributed by atoms with Gasteiger partial charge in [0, 0.05) is 7.11 Å². The molecule has 0 aromatic heterocycles. The molecule has 84 valence electrons. The van der Waals surface area contributed by atoms with Crippen LogP contribution in [0.15, 0.2) is 0 Å². The van der Waals surface area contributed by atoms with Crippen molar-refractivity contribution in [1.82, 2.24) is 0 Å². The van der Waals surface area contributed by atoms with E-state index in [2.05, 4.69) is 13.8 Å². The molecule has 0 amide bonds. The Morgan fingerprint density at radius 2 is 1.86 bits per heavy atom. The van der Waals surface area contributed by atoms with Gasteiger partial charge >= 0.3 is 0 Å². The number of methoxy groups -OCH3 is 1. The number of hydrogen-bond acceptors (Lipinski definition) is 1. The highest BCUT2D eigenvalue weighted by molar-refractivity contribution is 4.74. The van der Waals surface area contributed by atoms with Gasteiger partial charge in [-0.25, -0.2) is 0 Å². The smallest absolute Gasteiger partial charge is 0.0571 e. The Balaban J connectivity index is 2.15. The van der Waals surface area contributed by atoms with Crippen molar-refractivity contribution < 1.29 is 4.74 Å². The van der Waals surface area contributed by atoms with Gasteiger partial charge < -0.3 is 4.74 Å². The van der Waals surface area contributed by atoms with Gasteiger partial charge in [0.2, 0.25) is 0 Å². The molecule has 0 radical (unpaired) electrons. The summed E-state index contributed by atoms with van der Waals surface area (Å²) in [5.74, 6) is 1.92. The molecule has 0 N–H and O–H groups in total. The summed E-state index contributed by atoms with van der Waals surface area (Å²) in [7, 11) is 1.85. The van der Waals surface area contributed by atoms with Crippen LogP contribution >= 0.6 is 0 Å². The first-order valence-corrected chi connectivity index (χ1v) is 6.29. The second-order valence-electron chi connectivity index (χ2n) is 5.01. The van der Waals surface area contributed by atoms with E-state index in [1.165, 1.54) is 44.9 Å². The van der Waals surface area contributed by atoms with Gasteiger partial charge in [0.15, 0.2) is 0 Å². The first-order valence-electron chi connectivity index (χ1n) is 6.29. The minimum Gasteiger partial charge on any atom is -0.381 e. The molecule has 0 spiro atoms. The summed E-state index contributed by atoms with van der Waals surface area (Å²) in [4.78, 5) is 0. The van der Waals surface area contributed by atoms with Crippen molar-refractivity contribution in [2.75, 3.05) is 7.11 Å². The minimum absolute atomic E-state index is 0.563. The molecular formula is C13H26O. The lowest BCUT2D eigenvalue weighted by Gasteiger charge is -2.29. The molecule has 1 fully saturated rings. The maximum absolute atomic E-state index is 5.39. The SMILES string of the molecule is CCCC(C)CC1CCC(OC)CC1. The molecule has 0 aromatic carbocycles. The molecule has 0 heterocycles. The molecule has 1 rings (SSSR count). The molecule has 1 aliphatic rings. The van der Waals surface area contributed by atoms with E-state index >= 15 is 0 Å². The van der Waals surface area contributed by atoms with Crippen molar-refractivity contribution in [2.45, 2.75) is 64.9 Å². The molecule has 1 atom stereocenters. The average molecular weight is 198 g/mol. The van der Waals surface area contributed by atoms with Gasteiger partial charge in [0.1, 0.15) is 0 Å². The molecule has 1 nitrogen and oxygen atoms in total. The summed E-state index contributed by atoms with van der Waals surface area (Å²) in [6.07, 6.45) is 10.1. The van der Waals surface area contributed by atoms with Crippen molar-refractivity contribution in [3.05, 3.63) is 0 Å². The second kappa shape index (κ2) is 6.44. The summed E-state index contributed by atoms with van der Waals surface area (Å²) in [6, 6.07) is 0. The topological polar surface area (TPSA) is 9.23 Å². The molecule has 0 bridgehead atoms. The lowest BCUT2D eigenvalue weighted by molar-refractivity contribution is 0.0530. The van der Waals surface area contributed by atoms with Crippen molar-refractivity contribution in [2.24, 2.45) is 11.8 Å². The molecule has 1 aliphatic carbocycles. The zero-order valence-electron chi connectivity index (χ0n) is 10.1. The van der Waals surface area contributed by atoms with E-state index in [0.717, 1.165) is 11.8 Å². The van der Waals surface area contributed by atoms with E-state index in [9.17, 15) is 0 Å². The summed E-state index contributed by atoms with van der Waals surface area (Å²) < 4.78 is 5.39. The van der Waals surface area contributed by atoms with Gasteiger partial charge in [-0.15, -0.1) is 0 Å². The Morgan fingerprint density at radius 3 is 2.36 bits per heavy atom. The van der Waals surface area contributed by atoms with E-state index < -0.39 is 0 Å². The van der Waals surface area contributed by atoms with Crippen molar-refractivity contribution in [3.8, 4) is 0 Å². The fourth-order valence-electron chi connectivity index (χ4n) is 2.78. The largest absolute Gasteiger partial charge is 0.381 e. The van der Waals surface area contributed by atoms with E-state index in [0.29, 0.717) is 6.10 Å². The average Bonchev–Trinajstić information content (AvgIpc) is 2.19. The highest BCUT2D eigenvalue weighted by Gasteiger charge is 2.21. The Bertz CT molecular complexity index is 136. The van der Waals surface area contributed by atoms with Gasteiger partial charge in [0.05, 0.1) is 6.10 Å². The molecule has 0 aromatic rings. The zero-order valence-corrected chi connectivity index (χ0v) is 10.1. The van der Waals surface area contributed by atoms with Gasteiger partial charge in [-0.1, -0.05) is 26.7 Å². The number of hydrogen-bond donors (Lipinski definition) is 0. The highest BCUT2D eigenvalue weighted by atomic mass is 16.5. The van der Waals surface area contributed by atoms with Crippen LogP contribution in [0.2, 0.25) is 0 Å². The van der Waals surface area contributed by atoms with Crippen LogP contribution in [0.1, 0.15) is 58.8 Å². The van der Waals surface area contributed by atoms with Crippen LogP contribution in [0.4, 0.5) is 0 Å². The highest BCUT2D eigenvalue weighted by Crippen LogP contribution is 2.31. The summed E-state index contributed by atoms with van der Waals surface area (Å²) in [5.41, 5.74) is 0. The monoisotopic (exact) mass is 198 g/mol. The maximum Gasteiger partial charge on any atom is 0.0571 e. The molecule has 0 saturated heterocycles. The second-order valence-corrected chi connectivity index (χ2v) is 5.01. The van der Waals surface area contributed by atoms with Crippen LogP contribution in [0.3, 0.4) is 0 Å². The third-order valence-electron chi connectivity index (χ3n) is 3.64. The quantitative estimate of drug-likeness (QED) is 0.648. The van der Waals surface area contributed by atoms with Gasteiger partial charge in [-0.2, -0.15) is 0 Å². The fourth-order valence-corrected chi connectivity index (χ4v) is 2.78. The zero-order chi connectivity index (χ0) is 10.4. The van der Waals surface area contributed by atoms with Crippen molar-refractivity contribution >= 4 is 0 Å². The summed E-state index contributed by atoms with van der Waals surface area (Å²) >= 11 is 0. The molecule has 1 saturated carbocycles. The molecule has 1 heteroatoms. The Morgan fingerprint density at radius 1 is 1.21 bits per heavy atom. The molecule has 1 unspecified atom stereocenters. The summed E-state index contributed by atoms with van der Waals surface area (Å²) in [6.45, 7) is 4.70. The first-order chi connectivity index (χ1) is 6.76. The van der Waals surface area contributed by atoms with Crippen LogP contribution in [0, 0.1) is 11.8 Å². The minimum atomic E-state index is 0.563. The Labute approximate surface area is 89.2 Å².